The van der Waals surface area contributed by atoms with E-state index in [0.717, 1.165) is 45.4 Å². The van der Waals surface area contributed by atoms with Crippen LogP contribution in [0.25, 0.3) is 0 Å². The van der Waals surface area contributed by atoms with Gasteiger partial charge in [-0.25, -0.2) is 9.97 Å². The van der Waals surface area contributed by atoms with Crippen molar-refractivity contribution in [1.82, 2.24) is 25.1 Å². The Kier molecular flexibility index (Phi) is 13.7. The summed E-state index contributed by atoms with van der Waals surface area (Å²) < 4.78 is 18.8. The summed E-state index contributed by atoms with van der Waals surface area (Å²) in [6.07, 6.45) is 6.14. The Balaban J connectivity index is 0.845. The molecule has 4 amide bonds. The van der Waals surface area contributed by atoms with E-state index in [1.807, 2.05) is 47.4 Å². The number of ether oxygens (including phenoxy) is 1. The van der Waals surface area contributed by atoms with Crippen molar-refractivity contribution in [1.29, 1.82) is 0 Å². The fourth-order valence-electron chi connectivity index (χ4n) is 8.53. The number of rotatable bonds is 16. The van der Waals surface area contributed by atoms with Gasteiger partial charge in [0.1, 0.15) is 30.5 Å². The molecule has 61 heavy (non-hydrogen) atoms. The maximum atomic E-state index is 13.1. The number of piperazine rings is 1. The highest BCUT2D eigenvalue weighted by atomic mass is 35.5. The number of ketones is 1. The molecule has 0 spiro atoms. The molecule has 0 saturated carbocycles. The predicted molar refractivity (Wildman–Crippen MR) is 234 cm³/mol. The Morgan fingerprint density at radius 2 is 1.66 bits per heavy atom. The summed E-state index contributed by atoms with van der Waals surface area (Å²) in [6, 6.07) is 18.4. The first kappa shape index (κ1) is 43.7. The van der Waals surface area contributed by atoms with Crippen LogP contribution in [0.2, 0.25) is 5.02 Å². The number of amides is 4. The first-order valence-corrected chi connectivity index (χ1v) is 23.9. The van der Waals surface area contributed by atoms with E-state index in [9.17, 15) is 28.5 Å². The second kappa shape index (κ2) is 19.1. The number of benzene rings is 3. The smallest absolute Gasteiger partial charge is 0.255 e. The molecule has 320 valence electrons. The van der Waals surface area contributed by atoms with Gasteiger partial charge < -0.3 is 24.0 Å². The van der Waals surface area contributed by atoms with Crippen LogP contribution in [0.4, 0.5) is 5.69 Å². The lowest BCUT2D eigenvalue weighted by molar-refractivity contribution is -0.137. The number of carbonyl (C=O) groups excluding carboxylic acids is 5. The Hall–Kier alpha value is -5.39. The maximum Gasteiger partial charge on any atom is 0.255 e. The monoisotopic (exact) mass is 866 g/mol. The molecule has 4 heterocycles. The zero-order chi connectivity index (χ0) is 43.3. The molecule has 13 nitrogen and oxygen atoms in total. The van der Waals surface area contributed by atoms with Gasteiger partial charge in [0.2, 0.25) is 17.7 Å². The number of unbranched alkanes of at least 4 members (excludes halogenated alkanes) is 2. The minimum atomic E-state index is -2.49. The predicted octanol–water partition coefficient (Wildman–Crippen LogP) is 5.74. The van der Waals surface area contributed by atoms with E-state index in [2.05, 4.69) is 21.3 Å². The number of aromatic nitrogens is 2. The number of nitrogens with zero attached hydrogens (tertiary/aromatic N) is 5. The van der Waals surface area contributed by atoms with E-state index in [1.54, 1.807) is 38.8 Å². The molecule has 0 aliphatic carbocycles. The number of imide groups is 1. The average Bonchev–Trinajstić information content (AvgIpc) is 3.58. The minimum absolute atomic E-state index is 0.0694. The molecule has 15 heteroatoms. The van der Waals surface area contributed by atoms with E-state index in [4.69, 9.17) is 21.3 Å². The number of carbonyl (C=O) groups is 5. The van der Waals surface area contributed by atoms with E-state index >= 15 is 0 Å². The van der Waals surface area contributed by atoms with Gasteiger partial charge in [-0.2, -0.15) is 0 Å². The first-order valence-electron chi connectivity index (χ1n) is 20.9. The van der Waals surface area contributed by atoms with Crippen molar-refractivity contribution in [3.63, 3.8) is 0 Å². The third-order valence-electron chi connectivity index (χ3n) is 11.8. The van der Waals surface area contributed by atoms with Crippen molar-refractivity contribution in [3.8, 4) is 5.75 Å². The summed E-state index contributed by atoms with van der Waals surface area (Å²) in [5.41, 5.74) is 5.62. The van der Waals surface area contributed by atoms with Gasteiger partial charge in [0.15, 0.2) is 0 Å². The molecular formula is C46H52ClN6O7P. The number of hydrogen-bond donors (Lipinski definition) is 1. The second-order valence-electron chi connectivity index (χ2n) is 16.4. The quantitative estimate of drug-likeness (QED) is 0.0837. The number of methoxy groups -OCH3 is 1. The van der Waals surface area contributed by atoms with Gasteiger partial charge in [-0.1, -0.05) is 60.5 Å². The van der Waals surface area contributed by atoms with Crippen molar-refractivity contribution in [2.45, 2.75) is 76.8 Å². The summed E-state index contributed by atoms with van der Waals surface area (Å²) in [6.45, 7) is 6.38. The van der Waals surface area contributed by atoms with E-state index in [0.29, 0.717) is 86.8 Å². The Morgan fingerprint density at radius 1 is 0.902 bits per heavy atom. The van der Waals surface area contributed by atoms with Crippen LogP contribution >= 0.6 is 18.7 Å². The van der Waals surface area contributed by atoms with Crippen LogP contribution in [0, 0.1) is 0 Å². The number of fused-ring (bicyclic) bond motifs is 1. The van der Waals surface area contributed by atoms with Gasteiger partial charge in [-0.15, -0.1) is 0 Å². The van der Waals surface area contributed by atoms with Gasteiger partial charge >= 0.3 is 0 Å². The number of halogens is 1. The highest BCUT2D eigenvalue weighted by Gasteiger charge is 2.40. The number of hydrogen-bond acceptors (Lipinski definition) is 10. The number of Topliss-reactive ketones (excluding diaryl/α,β-unsaturated/α-hetero) is 1. The molecule has 3 aliphatic heterocycles. The maximum absolute atomic E-state index is 13.1. The zero-order valence-electron chi connectivity index (χ0n) is 35.0. The molecule has 1 atom stereocenters. The van der Waals surface area contributed by atoms with Gasteiger partial charge in [-0.05, 0) is 61.4 Å². The fraction of sp³-hybridized carbons (Fsp3) is 0.413. The third kappa shape index (κ3) is 10.4. The summed E-state index contributed by atoms with van der Waals surface area (Å²) in [4.78, 5) is 78.3. The molecule has 0 radical (unpaired) electrons. The highest BCUT2D eigenvalue weighted by Crippen LogP contribution is 2.37. The van der Waals surface area contributed by atoms with Gasteiger partial charge in [0.05, 0.1) is 17.8 Å². The molecule has 1 N–H and O–H groups in total. The van der Waals surface area contributed by atoms with Crippen molar-refractivity contribution < 1.29 is 33.3 Å². The largest absolute Gasteiger partial charge is 0.496 e. The SMILES string of the molecule is COc1cc(N2CCN(C(=O)CCCCCC(=O)Cc3cccc4c3CN(C3CCC(=O)NC3=O)C4=O)CC2)ccc1Cc1ncc(Cl)c(Cc2ccccc2P(C)(C)=O)n1. The van der Waals surface area contributed by atoms with Gasteiger partial charge in [0, 0.05) is 106 Å². The molecule has 1 aromatic heterocycles. The minimum Gasteiger partial charge on any atom is -0.496 e. The summed E-state index contributed by atoms with van der Waals surface area (Å²) in [5, 5.41) is 3.60. The average molecular weight is 867 g/mol. The Labute approximate surface area is 361 Å². The number of nitrogens with one attached hydrogen (secondary N) is 1. The molecule has 3 aliphatic rings. The van der Waals surface area contributed by atoms with Crippen molar-refractivity contribution in [2.24, 2.45) is 0 Å². The lowest BCUT2D eigenvalue weighted by Crippen LogP contribution is -2.52. The molecule has 3 aromatic carbocycles. The number of anilines is 1. The molecule has 0 bridgehead atoms. The molecular weight excluding hydrogens is 815 g/mol. The summed E-state index contributed by atoms with van der Waals surface area (Å²) in [5.74, 6) is 0.470. The molecule has 2 saturated heterocycles. The number of piperidine rings is 1. The topological polar surface area (TPSA) is 159 Å². The van der Waals surface area contributed by atoms with Crippen molar-refractivity contribution in [3.05, 3.63) is 111 Å². The van der Waals surface area contributed by atoms with E-state index in [-0.39, 0.29) is 49.3 Å². The van der Waals surface area contributed by atoms with Crippen molar-refractivity contribution >= 4 is 59.1 Å². The molecule has 2 fully saturated rings. The summed E-state index contributed by atoms with van der Waals surface area (Å²) >= 11 is 6.54. The lowest BCUT2D eigenvalue weighted by Gasteiger charge is -2.36. The Morgan fingerprint density at radius 3 is 2.41 bits per heavy atom. The van der Waals surface area contributed by atoms with Gasteiger partial charge in [-0.3, -0.25) is 29.3 Å². The standard InChI is InChI=1S/C46H52ClN6O7P/c1-60-40-27-33(17-16-31(40)26-42-48-28-37(47)38(49-42)25-32-10-7-8-14-41(32)61(2,3)59)51-20-22-52(23-21-51)44(56)15-6-4-5-12-34(54)24-30-11-9-13-35-36(30)29-53(46(35)58)39-18-19-43(55)50-45(39)57/h7-11,13-14,16-17,27-28,39H,4-6,12,15,18-26,29H2,1-3H3,(H,50,55,57). The van der Waals surface area contributed by atoms with Gasteiger partial charge in [0.25, 0.3) is 5.91 Å². The third-order valence-corrected chi connectivity index (χ3v) is 13.7. The highest BCUT2D eigenvalue weighted by molar-refractivity contribution is 7.70. The van der Waals surface area contributed by atoms with Crippen molar-refractivity contribution in [2.75, 3.05) is 51.5 Å². The van der Waals surface area contributed by atoms with E-state index in [1.165, 1.54) is 4.90 Å². The zero-order valence-corrected chi connectivity index (χ0v) is 36.6. The van der Waals surface area contributed by atoms with Crippen LogP contribution in [-0.2, 0) is 49.6 Å². The van der Waals surface area contributed by atoms with Crippen LogP contribution < -0.4 is 20.3 Å². The molecule has 4 aromatic rings. The van der Waals surface area contributed by atoms with Crippen LogP contribution in [-0.4, -0.2) is 102 Å². The Bertz CT molecular complexity index is 2390. The summed E-state index contributed by atoms with van der Waals surface area (Å²) in [7, 11) is -0.848. The van der Waals surface area contributed by atoms with Crippen LogP contribution in [0.3, 0.4) is 0 Å². The lowest BCUT2D eigenvalue weighted by atomic mass is 9.97. The molecule has 7 rings (SSSR count). The fourth-order valence-corrected chi connectivity index (χ4v) is 9.98. The van der Waals surface area contributed by atoms with E-state index < -0.39 is 19.1 Å². The normalized spacial score (nSPS) is 16.8. The van der Waals surface area contributed by atoms with Crippen LogP contribution in [0.1, 0.15) is 89.1 Å². The first-order chi connectivity index (χ1) is 29.3. The molecule has 1 unspecified atom stereocenters. The van der Waals surface area contributed by atoms with Crippen LogP contribution in [0.15, 0.2) is 66.9 Å². The van der Waals surface area contributed by atoms with Crippen LogP contribution in [0.5, 0.6) is 5.75 Å². The second-order valence-corrected chi connectivity index (χ2v) is 20.0.